The van der Waals surface area contributed by atoms with Crippen LogP contribution >= 0.6 is 0 Å². The molecule has 0 heterocycles. The smallest absolute Gasteiger partial charge is 0.306 e. The third kappa shape index (κ3) is 36.6. The SMILES string of the molecule is CCCCCCCCCOC(=O)CCC(=O)OCCCCCC(=O)OCCOC(=O)CCCCCOC(=O)CCC(=O)OCCCCCCCCC. The maximum absolute atomic E-state index is 11.9. The number of hydrogen-bond acceptors (Lipinski definition) is 12. The van der Waals surface area contributed by atoms with Gasteiger partial charge >= 0.3 is 35.8 Å². The lowest BCUT2D eigenvalue weighted by molar-refractivity contribution is -0.152. The summed E-state index contributed by atoms with van der Waals surface area (Å²) in [6.45, 7) is 5.55. The summed E-state index contributed by atoms with van der Waals surface area (Å²) in [5.74, 6) is -2.43. The zero-order valence-corrected chi connectivity index (χ0v) is 32.5. The first kappa shape index (κ1) is 48.8. The van der Waals surface area contributed by atoms with Gasteiger partial charge in [0.15, 0.2) is 0 Å². The summed E-state index contributed by atoms with van der Waals surface area (Å²) in [6.07, 6.45) is 20.1. The topological polar surface area (TPSA) is 158 Å². The molecule has 0 radical (unpaired) electrons. The molecule has 0 aliphatic carbocycles. The van der Waals surface area contributed by atoms with Gasteiger partial charge in [0, 0.05) is 12.8 Å². The molecule has 0 aromatic carbocycles. The maximum atomic E-state index is 11.9. The lowest BCUT2D eigenvalue weighted by Crippen LogP contribution is -2.14. The summed E-state index contributed by atoms with van der Waals surface area (Å²) < 4.78 is 30.8. The van der Waals surface area contributed by atoms with E-state index in [4.69, 9.17) is 28.4 Å². The van der Waals surface area contributed by atoms with E-state index in [1.165, 1.54) is 51.4 Å². The molecule has 0 atom stereocenters. The van der Waals surface area contributed by atoms with E-state index in [1.54, 1.807) is 0 Å². The largest absolute Gasteiger partial charge is 0.466 e. The Hall–Kier alpha value is -3.18. The number of carbonyl (C=O) groups excluding carboxylic acids is 6. The van der Waals surface area contributed by atoms with Crippen molar-refractivity contribution in [3.8, 4) is 0 Å². The standard InChI is InChI=1S/C40H70O12/c1-3-5-7-9-11-13-19-29-47-37(43)25-27-39(45)49-31-21-15-17-23-35(41)51-33-34-52-36(42)24-18-16-22-32-50-40(46)28-26-38(44)48-30-20-14-12-10-8-6-4-2/h3-34H2,1-2H3. The van der Waals surface area contributed by atoms with E-state index in [1.807, 2.05) is 0 Å². The maximum Gasteiger partial charge on any atom is 0.306 e. The third-order valence-electron chi connectivity index (χ3n) is 8.27. The monoisotopic (exact) mass is 742 g/mol. The molecule has 0 amide bonds. The summed E-state index contributed by atoms with van der Waals surface area (Å²) in [5.41, 5.74) is 0. The van der Waals surface area contributed by atoms with E-state index in [9.17, 15) is 28.8 Å². The second kappa shape index (κ2) is 37.6. The van der Waals surface area contributed by atoms with Crippen molar-refractivity contribution in [3.05, 3.63) is 0 Å². The molecule has 0 aromatic heterocycles. The molecule has 12 nitrogen and oxygen atoms in total. The highest BCUT2D eigenvalue weighted by atomic mass is 16.6. The minimum Gasteiger partial charge on any atom is -0.466 e. The van der Waals surface area contributed by atoms with Crippen molar-refractivity contribution >= 4 is 35.8 Å². The minimum absolute atomic E-state index is 0.00888. The number of rotatable bonds is 37. The first-order valence-electron chi connectivity index (χ1n) is 20.2. The number of esters is 6. The number of hydrogen-bond donors (Lipinski definition) is 0. The van der Waals surface area contributed by atoms with E-state index < -0.39 is 23.9 Å². The van der Waals surface area contributed by atoms with Crippen LogP contribution in [0, 0.1) is 0 Å². The molecule has 0 aromatic rings. The van der Waals surface area contributed by atoms with Gasteiger partial charge in [-0.05, 0) is 51.4 Å². The van der Waals surface area contributed by atoms with Crippen LogP contribution in [0.15, 0.2) is 0 Å². The second-order valence-corrected chi connectivity index (χ2v) is 13.2. The highest BCUT2D eigenvalue weighted by Crippen LogP contribution is 2.09. The Bertz CT molecular complexity index is 862. The molecule has 0 N–H and O–H groups in total. The molecule has 0 fully saturated rings. The molecule has 52 heavy (non-hydrogen) atoms. The van der Waals surface area contributed by atoms with E-state index in [0.29, 0.717) is 51.7 Å². The van der Waals surface area contributed by atoms with Crippen LogP contribution in [0.25, 0.3) is 0 Å². The second-order valence-electron chi connectivity index (χ2n) is 13.2. The lowest BCUT2D eigenvalue weighted by atomic mass is 10.1. The zero-order valence-electron chi connectivity index (χ0n) is 32.5. The Morgan fingerprint density at radius 2 is 0.462 bits per heavy atom. The molecule has 0 spiro atoms. The van der Waals surface area contributed by atoms with Crippen LogP contribution in [-0.4, -0.2) is 75.5 Å². The number of unbranched alkanes of at least 4 members (excludes halogenated alkanes) is 16. The van der Waals surface area contributed by atoms with E-state index in [0.717, 1.165) is 38.5 Å². The van der Waals surface area contributed by atoms with Gasteiger partial charge in [0.1, 0.15) is 13.2 Å². The Morgan fingerprint density at radius 3 is 0.750 bits per heavy atom. The van der Waals surface area contributed by atoms with Crippen molar-refractivity contribution < 1.29 is 57.2 Å². The van der Waals surface area contributed by atoms with Gasteiger partial charge in [0.2, 0.25) is 0 Å². The number of carbonyl (C=O) groups is 6. The van der Waals surface area contributed by atoms with Crippen molar-refractivity contribution in [3.63, 3.8) is 0 Å². The van der Waals surface area contributed by atoms with Crippen molar-refractivity contribution in [2.75, 3.05) is 39.6 Å². The van der Waals surface area contributed by atoms with Gasteiger partial charge in [0.05, 0.1) is 52.1 Å². The van der Waals surface area contributed by atoms with Gasteiger partial charge in [-0.1, -0.05) is 90.9 Å². The van der Waals surface area contributed by atoms with Gasteiger partial charge in [-0.25, -0.2) is 0 Å². The van der Waals surface area contributed by atoms with Crippen LogP contribution in [0.1, 0.15) is 181 Å². The van der Waals surface area contributed by atoms with Gasteiger partial charge in [-0.15, -0.1) is 0 Å². The Balaban J connectivity index is 3.54. The third-order valence-corrected chi connectivity index (χ3v) is 8.27. The molecule has 0 saturated carbocycles. The molecule has 0 aliphatic heterocycles. The fourth-order valence-electron chi connectivity index (χ4n) is 5.11. The molecule has 0 rings (SSSR count). The highest BCUT2D eigenvalue weighted by molar-refractivity contribution is 5.78. The summed E-state index contributed by atoms with van der Waals surface area (Å²) in [6, 6.07) is 0. The van der Waals surface area contributed by atoms with Crippen molar-refractivity contribution in [1.82, 2.24) is 0 Å². The Labute approximate surface area is 313 Å². The fraction of sp³-hybridized carbons (Fsp3) is 0.850. The molecule has 0 bridgehead atoms. The van der Waals surface area contributed by atoms with Crippen LogP contribution in [0.3, 0.4) is 0 Å². The lowest BCUT2D eigenvalue weighted by Gasteiger charge is -2.08. The van der Waals surface area contributed by atoms with E-state index >= 15 is 0 Å². The van der Waals surface area contributed by atoms with Crippen LogP contribution in [0.4, 0.5) is 0 Å². The predicted octanol–water partition coefficient (Wildman–Crippen LogP) is 8.43. The van der Waals surface area contributed by atoms with Crippen LogP contribution in [0.5, 0.6) is 0 Å². The zero-order chi connectivity index (χ0) is 38.3. The fourth-order valence-corrected chi connectivity index (χ4v) is 5.11. The average Bonchev–Trinajstić information content (AvgIpc) is 3.13. The molecule has 12 heteroatoms. The highest BCUT2D eigenvalue weighted by Gasteiger charge is 2.11. The molecular weight excluding hydrogens is 672 g/mol. The summed E-state index contributed by atoms with van der Waals surface area (Å²) >= 11 is 0. The van der Waals surface area contributed by atoms with E-state index in [-0.39, 0.29) is 76.9 Å². The normalized spacial score (nSPS) is 10.7. The molecular formula is C40H70O12. The quantitative estimate of drug-likeness (QED) is 0.0340. The molecule has 302 valence electrons. The van der Waals surface area contributed by atoms with Crippen molar-refractivity contribution in [1.29, 1.82) is 0 Å². The van der Waals surface area contributed by atoms with Crippen molar-refractivity contribution in [2.24, 2.45) is 0 Å². The minimum atomic E-state index is -0.441. The molecule has 0 unspecified atom stereocenters. The van der Waals surface area contributed by atoms with Crippen LogP contribution in [-0.2, 0) is 57.2 Å². The summed E-state index contributed by atoms with van der Waals surface area (Å²) in [7, 11) is 0. The van der Waals surface area contributed by atoms with E-state index in [2.05, 4.69) is 13.8 Å². The first-order chi connectivity index (χ1) is 25.3. The average molecular weight is 743 g/mol. The summed E-state index contributed by atoms with van der Waals surface area (Å²) in [5, 5.41) is 0. The van der Waals surface area contributed by atoms with Crippen LogP contribution in [0.2, 0.25) is 0 Å². The number of ether oxygens (including phenoxy) is 6. The van der Waals surface area contributed by atoms with Crippen LogP contribution < -0.4 is 0 Å². The molecule has 0 saturated heterocycles. The van der Waals surface area contributed by atoms with Crippen molar-refractivity contribution in [2.45, 2.75) is 181 Å². The molecule has 0 aliphatic rings. The van der Waals surface area contributed by atoms with Gasteiger partial charge < -0.3 is 28.4 Å². The van der Waals surface area contributed by atoms with Gasteiger partial charge in [-0.3, -0.25) is 28.8 Å². The Kier molecular flexibility index (Phi) is 35.3. The van der Waals surface area contributed by atoms with Gasteiger partial charge in [0.25, 0.3) is 0 Å². The predicted molar refractivity (Wildman–Crippen MR) is 197 cm³/mol. The summed E-state index contributed by atoms with van der Waals surface area (Å²) in [4.78, 5) is 71.0. The Morgan fingerprint density at radius 1 is 0.250 bits per heavy atom. The van der Waals surface area contributed by atoms with Gasteiger partial charge in [-0.2, -0.15) is 0 Å². The first-order valence-corrected chi connectivity index (χ1v) is 20.2.